The molecule has 0 bridgehead atoms. The van der Waals surface area contributed by atoms with Crippen LogP contribution >= 0.6 is 23.4 Å². The van der Waals surface area contributed by atoms with E-state index < -0.39 is 0 Å². The Balaban J connectivity index is 2.08. The van der Waals surface area contributed by atoms with Crippen molar-refractivity contribution in [1.82, 2.24) is 0 Å². The van der Waals surface area contributed by atoms with Gasteiger partial charge in [-0.2, -0.15) is 0 Å². The van der Waals surface area contributed by atoms with E-state index in [1.165, 1.54) is 0 Å². The number of hydrogen-bond donors (Lipinski definition) is 1. The summed E-state index contributed by atoms with van der Waals surface area (Å²) in [4.78, 5) is 1.14. The maximum Gasteiger partial charge on any atom is 0.121 e. The molecule has 0 amide bonds. The summed E-state index contributed by atoms with van der Waals surface area (Å²) in [5.41, 5.74) is 7.67. The number of nitrogen functional groups attached to an aromatic ring is 1. The summed E-state index contributed by atoms with van der Waals surface area (Å²) >= 11 is 7.67. The molecule has 2 N–H and O–H groups in total. The van der Waals surface area contributed by atoms with Crippen LogP contribution in [0, 0.1) is 0 Å². The smallest absolute Gasteiger partial charge is 0.121 e. The molecule has 2 nitrogen and oxygen atoms in total. The zero-order valence-electron chi connectivity index (χ0n) is 10.0. The highest BCUT2D eigenvalue weighted by Gasteiger charge is 2.01. The minimum atomic E-state index is 0.719. The third-order valence-corrected chi connectivity index (χ3v) is 3.73. The summed E-state index contributed by atoms with van der Waals surface area (Å²) in [5, 5.41) is 0.755. The number of benzene rings is 2. The van der Waals surface area contributed by atoms with E-state index in [1.807, 2.05) is 42.5 Å². The molecule has 2 aromatic carbocycles. The van der Waals surface area contributed by atoms with Crippen molar-refractivity contribution >= 4 is 29.1 Å². The third kappa shape index (κ3) is 3.59. The van der Waals surface area contributed by atoms with Crippen molar-refractivity contribution in [1.29, 1.82) is 0 Å². The minimum Gasteiger partial charge on any atom is -0.497 e. The number of halogens is 1. The highest BCUT2D eigenvalue weighted by molar-refractivity contribution is 7.98. The van der Waals surface area contributed by atoms with Gasteiger partial charge in [-0.1, -0.05) is 17.7 Å². The second kappa shape index (κ2) is 6.03. The van der Waals surface area contributed by atoms with Crippen molar-refractivity contribution in [3.63, 3.8) is 0 Å². The molecule has 4 heteroatoms. The largest absolute Gasteiger partial charge is 0.497 e. The normalized spacial score (nSPS) is 10.3. The molecule has 18 heavy (non-hydrogen) atoms. The fraction of sp³-hybridized carbons (Fsp3) is 0.143. The topological polar surface area (TPSA) is 35.2 Å². The molecule has 0 atom stereocenters. The molecule has 0 radical (unpaired) electrons. The van der Waals surface area contributed by atoms with Crippen LogP contribution in [0.25, 0.3) is 0 Å². The van der Waals surface area contributed by atoms with Gasteiger partial charge in [0.2, 0.25) is 0 Å². The van der Waals surface area contributed by atoms with Gasteiger partial charge in [-0.25, -0.2) is 0 Å². The van der Waals surface area contributed by atoms with Crippen LogP contribution in [0.2, 0.25) is 5.02 Å². The second-order valence-corrected chi connectivity index (χ2v) is 5.35. The molecule has 0 spiro atoms. The molecule has 0 aliphatic rings. The van der Waals surface area contributed by atoms with Crippen LogP contribution in [0.4, 0.5) is 5.69 Å². The Bertz CT molecular complexity index is 545. The quantitative estimate of drug-likeness (QED) is 0.672. The molecule has 0 saturated carbocycles. The molecule has 0 heterocycles. The summed E-state index contributed by atoms with van der Waals surface area (Å²) in [6.07, 6.45) is 0. The first-order chi connectivity index (χ1) is 8.67. The van der Waals surface area contributed by atoms with E-state index in [0.717, 1.165) is 32.7 Å². The molecule has 2 aromatic rings. The van der Waals surface area contributed by atoms with Gasteiger partial charge in [0, 0.05) is 27.4 Å². The summed E-state index contributed by atoms with van der Waals surface area (Å²) < 4.78 is 5.20. The maximum absolute atomic E-state index is 5.95. The molecule has 0 aromatic heterocycles. The van der Waals surface area contributed by atoms with Crippen LogP contribution in [-0.4, -0.2) is 7.11 Å². The van der Waals surface area contributed by atoms with Gasteiger partial charge < -0.3 is 10.5 Å². The molecule has 2 rings (SSSR count). The average Bonchev–Trinajstić information content (AvgIpc) is 2.36. The van der Waals surface area contributed by atoms with Gasteiger partial charge in [0.15, 0.2) is 0 Å². The predicted molar refractivity (Wildman–Crippen MR) is 78.4 cm³/mol. The van der Waals surface area contributed by atoms with Gasteiger partial charge in [0.05, 0.1) is 7.11 Å². The Kier molecular flexibility index (Phi) is 4.39. The van der Waals surface area contributed by atoms with Crippen molar-refractivity contribution in [3.05, 3.63) is 53.1 Å². The number of ether oxygens (including phenoxy) is 1. The van der Waals surface area contributed by atoms with E-state index in [4.69, 9.17) is 22.1 Å². The molecule has 0 saturated heterocycles. The van der Waals surface area contributed by atoms with Gasteiger partial charge in [0.1, 0.15) is 5.75 Å². The molecule has 0 aliphatic carbocycles. The molecular formula is C14H14ClNOS. The highest BCUT2D eigenvalue weighted by Crippen LogP contribution is 2.27. The summed E-state index contributed by atoms with van der Waals surface area (Å²) in [5.74, 6) is 1.62. The minimum absolute atomic E-state index is 0.719. The van der Waals surface area contributed by atoms with E-state index in [0.29, 0.717) is 0 Å². The standard InChI is InChI=1S/C14H14ClNOS/c1-17-13-6-10(5-12(16)8-13)9-18-14-4-2-3-11(15)7-14/h2-8H,9,16H2,1H3. The van der Waals surface area contributed by atoms with Crippen LogP contribution in [-0.2, 0) is 5.75 Å². The van der Waals surface area contributed by atoms with Crippen LogP contribution in [0.5, 0.6) is 5.75 Å². The summed E-state index contributed by atoms with van der Waals surface area (Å²) in [6, 6.07) is 13.6. The third-order valence-electron chi connectivity index (χ3n) is 2.43. The lowest BCUT2D eigenvalue weighted by atomic mass is 10.2. The van der Waals surface area contributed by atoms with E-state index in [1.54, 1.807) is 18.9 Å². The first-order valence-corrected chi connectivity index (χ1v) is 6.85. The van der Waals surface area contributed by atoms with Gasteiger partial charge in [-0.05, 0) is 35.9 Å². The maximum atomic E-state index is 5.95. The predicted octanol–water partition coefficient (Wildman–Crippen LogP) is 4.22. The molecule has 0 aliphatic heterocycles. The Morgan fingerprint density at radius 2 is 2.06 bits per heavy atom. The number of hydrogen-bond acceptors (Lipinski definition) is 3. The molecule has 0 fully saturated rings. The van der Waals surface area contributed by atoms with Crippen molar-refractivity contribution in [2.24, 2.45) is 0 Å². The lowest BCUT2D eigenvalue weighted by Crippen LogP contribution is -1.91. The molecule has 0 unspecified atom stereocenters. The van der Waals surface area contributed by atoms with Crippen molar-refractivity contribution in [3.8, 4) is 5.75 Å². The van der Waals surface area contributed by atoms with Crippen LogP contribution in [0.15, 0.2) is 47.4 Å². The summed E-state index contributed by atoms with van der Waals surface area (Å²) in [7, 11) is 1.64. The first-order valence-electron chi connectivity index (χ1n) is 5.49. The number of methoxy groups -OCH3 is 1. The zero-order chi connectivity index (χ0) is 13.0. The first kappa shape index (κ1) is 13.1. The Labute approximate surface area is 116 Å². The van der Waals surface area contributed by atoms with E-state index in [-0.39, 0.29) is 0 Å². The Hall–Kier alpha value is -1.32. The SMILES string of the molecule is COc1cc(N)cc(CSc2cccc(Cl)c2)c1. The van der Waals surface area contributed by atoms with Gasteiger partial charge in [0.25, 0.3) is 0 Å². The monoisotopic (exact) mass is 279 g/mol. The lowest BCUT2D eigenvalue weighted by Gasteiger charge is -2.07. The number of anilines is 1. The van der Waals surface area contributed by atoms with Crippen molar-refractivity contribution in [2.75, 3.05) is 12.8 Å². The Morgan fingerprint density at radius 3 is 2.78 bits per heavy atom. The van der Waals surface area contributed by atoms with Crippen molar-refractivity contribution < 1.29 is 4.74 Å². The molecule has 94 valence electrons. The number of rotatable bonds is 4. The highest BCUT2D eigenvalue weighted by atomic mass is 35.5. The van der Waals surface area contributed by atoms with Crippen LogP contribution < -0.4 is 10.5 Å². The molecular weight excluding hydrogens is 266 g/mol. The van der Waals surface area contributed by atoms with E-state index >= 15 is 0 Å². The second-order valence-electron chi connectivity index (χ2n) is 3.86. The van der Waals surface area contributed by atoms with E-state index in [2.05, 4.69) is 0 Å². The van der Waals surface area contributed by atoms with Crippen LogP contribution in [0.1, 0.15) is 5.56 Å². The number of thioether (sulfide) groups is 1. The van der Waals surface area contributed by atoms with Gasteiger partial charge in [-0.15, -0.1) is 11.8 Å². The van der Waals surface area contributed by atoms with Crippen molar-refractivity contribution in [2.45, 2.75) is 10.6 Å². The summed E-state index contributed by atoms with van der Waals surface area (Å²) in [6.45, 7) is 0. The van der Waals surface area contributed by atoms with E-state index in [9.17, 15) is 0 Å². The van der Waals surface area contributed by atoms with Gasteiger partial charge >= 0.3 is 0 Å². The fourth-order valence-electron chi connectivity index (χ4n) is 1.61. The Morgan fingerprint density at radius 1 is 1.22 bits per heavy atom. The fourth-order valence-corrected chi connectivity index (χ4v) is 2.75. The van der Waals surface area contributed by atoms with Crippen LogP contribution in [0.3, 0.4) is 0 Å². The van der Waals surface area contributed by atoms with Gasteiger partial charge in [-0.3, -0.25) is 0 Å². The zero-order valence-corrected chi connectivity index (χ0v) is 11.6. The average molecular weight is 280 g/mol. The number of nitrogens with two attached hydrogens (primary N) is 1. The lowest BCUT2D eigenvalue weighted by molar-refractivity contribution is 0.414.